The van der Waals surface area contributed by atoms with E-state index in [4.69, 9.17) is 9.52 Å². The molecule has 0 aliphatic heterocycles. The summed E-state index contributed by atoms with van der Waals surface area (Å²) in [6.45, 7) is 10.9. The van der Waals surface area contributed by atoms with E-state index < -0.39 is 5.97 Å². The first-order chi connectivity index (χ1) is 8.18. The van der Waals surface area contributed by atoms with Gasteiger partial charge in [-0.2, -0.15) is 0 Å². The third-order valence-corrected chi connectivity index (χ3v) is 4.70. The molecule has 4 heteroatoms. The molecule has 0 aromatic carbocycles. The molecule has 2 N–H and O–H groups in total. The monoisotopic (exact) mass is 251 g/mol. The van der Waals surface area contributed by atoms with E-state index >= 15 is 0 Å². The Kier molecular flexibility index (Phi) is 2.81. The van der Waals surface area contributed by atoms with E-state index in [-0.39, 0.29) is 22.6 Å². The third-order valence-electron chi connectivity index (χ3n) is 4.70. The van der Waals surface area contributed by atoms with Gasteiger partial charge in [0.05, 0.1) is 6.04 Å². The Labute approximate surface area is 107 Å². The van der Waals surface area contributed by atoms with Gasteiger partial charge in [-0.05, 0) is 29.9 Å². The molecule has 1 fully saturated rings. The summed E-state index contributed by atoms with van der Waals surface area (Å²) in [6, 6.07) is 3.66. The number of furan rings is 1. The summed E-state index contributed by atoms with van der Waals surface area (Å²) in [5, 5.41) is 12.3. The van der Waals surface area contributed by atoms with Gasteiger partial charge < -0.3 is 14.8 Å². The molecule has 1 aromatic rings. The summed E-state index contributed by atoms with van der Waals surface area (Å²) in [7, 11) is 0. The predicted octanol–water partition coefficient (Wildman–Crippen LogP) is 3.06. The SMILES string of the molecule is CC(NC1C(C)(C)C1(C)C)c1ccc(C(=O)O)o1. The molecule has 0 bridgehead atoms. The lowest BCUT2D eigenvalue weighted by molar-refractivity contribution is 0.0659. The predicted molar refractivity (Wildman–Crippen MR) is 68.6 cm³/mol. The van der Waals surface area contributed by atoms with Gasteiger partial charge in [-0.3, -0.25) is 0 Å². The number of carboxylic acid groups (broad SMARTS) is 1. The molecule has 18 heavy (non-hydrogen) atoms. The molecule has 100 valence electrons. The first-order valence-electron chi connectivity index (χ1n) is 6.27. The van der Waals surface area contributed by atoms with Crippen molar-refractivity contribution >= 4 is 5.97 Å². The van der Waals surface area contributed by atoms with Gasteiger partial charge in [0.25, 0.3) is 0 Å². The van der Waals surface area contributed by atoms with Crippen LogP contribution in [0.2, 0.25) is 0 Å². The van der Waals surface area contributed by atoms with Gasteiger partial charge in [-0.15, -0.1) is 0 Å². The fraction of sp³-hybridized carbons (Fsp3) is 0.643. The van der Waals surface area contributed by atoms with E-state index in [2.05, 4.69) is 33.0 Å². The minimum Gasteiger partial charge on any atom is -0.475 e. The van der Waals surface area contributed by atoms with Gasteiger partial charge in [0.1, 0.15) is 5.76 Å². The zero-order valence-electron chi connectivity index (χ0n) is 11.6. The molecule has 0 spiro atoms. The number of aromatic carboxylic acids is 1. The van der Waals surface area contributed by atoms with Gasteiger partial charge in [0.2, 0.25) is 5.76 Å². The van der Waals surface area contributed by atoms with Crippen LogP contribution < -0.4 is 5.32 Å². The minimum absolute atomic E-state index is 0.00651. The Balaban J connectivity index is 2.05. The van der Waals surface area contributed by atoms with Gasteiger partial charge in [-0.1, -0.05) is 27.7 Å². The van der Waals surface area contributed by atoms with Crippen LogP contribution in [0.15, 0.2) is 16.5 Å². The molecule has 4 nitrogen and oxygen atoms in total. The summed E-state index contributed by atoms with van der Waals surface area (Å²) >= 11 is 0. The number of carboxylic acids is 1. The highest BCUT2D eigenvalue weighted by molar-refractivity contribution is 5.84. The largest absolute Gasteiger partial charge is 0.475 e. The number of hydrogen-bond acceptors (Lipinski definition) is 3. The zero-order valence-corrected chi connectivity index (χ0v) is 11.6. The second-order valence-corrected chi connectivity index (χ2v) is 6.27. The molecule has 0 saturated heterocycles. The minimum atomic E-state index is -1.03. The first kappa shape index (κ1) is 13.1. The van der Waals surface area contributed by atoms with Gasteiger partial charge in [0.15, 0.2) is 0 Å². The fourth-order valence-corrected chi connectivity index (χ4v) is 2.65. The summed E-state index contributed by atoms with van der Waals surface area (Å²) in [5.74, 6) is -0.362. The number of rotatable bonds is 4. The van der Waals surface area contributed by atoms with E-state index in [1.807, 2.05) is 6.92 Å². The standard InChI is InChI=1S/C14H21NO3/c1-8(9-6-7-10(18-9)11(16)17)15-12-13(2,3)14(12,4)5/h6-8,12,15H,1-5H3,(H,16,17). The molecule has 0 amide bonds. The number of hydrogen-bond donors (Lipinski definition) is 2. The molecule has 1 aliphatic carbocycles. The lowest BCUT2D eigenvalue weighted by Gasteiger charge is -2.13. The second kappa shape index (κ2) is 3.85. The normalized spacial score (nSPS) is 22.7. The van der Waals surface area contributed by atoms with Gasteiger partial charge in [0, 0.05) is 6.04 Å². The molecule has 1 aliphatic rings. The highest BCUT2D eigenvalue weighted by atomic mass is 16.4. The van der Waals surface area contributed by atoms with E-state index in [0.717, 1.165) is 0 Å². The molecule has 1 saturated carbocycles. The third kappa shape index (κ3) is 1.85. The van der Waals surface area contributed by atoms with Gasteiger partial charge in [-0.25, -0.2) is 4.79 Å². The van der Waals surface area contributed by atoms with E-state index in [1.54, 1.807) is 6.07 Å². The first-order valence-corrected chi connectivity index (χ1v) is 6.27. The Morgan fingerprint density at radius 3 is 2.28 bits per heavy atom. The zero-order chi connectivity index (χ0) is 13.7. The molecule has 2 rings (SSSR count). The van der Waals surface area contributed by atoms with Crippen LogP contribution in [0.25, 0.3) is 0 Å². The van der Waals surface area contributed by atoms with Crippen LogP contribution in [0.1, 0.15) is 57.0 Å². The maximum absolute atomic E-state index is 10.8. The van der Waals surface area contributed by atoms with E-state index in [0.29, 0.717) is 11.8 Å². The quantitative estimate of drug-likeness (QED) is 0.863. The average molecular weight is 251 g/mol. The highest BCUT2D eigenvalue weighted by Gasteiger charge is 2.64. The topological polar surface area (TPSA) is 62.5 Å². The Hall–Kier alpha value is -1.29. The van der Waals surface area contributed by atoms with Gasteiger partial charge >= 0.3 is 5.97 Å². The van der Waals surface area contributed by atoms with E-state index in [9.17, 15) is 4.79 Å². The molecule has 1 atom stereocenters. The van der Waals surface area contributed by atoms with Crippen molar-refractivity contribution in [2.45, 2.75) is 46.7 Å². The van der Waals surface area contributed by atoms with Crippen LogP contribution in [0, 0.1) is 10.8 Å². The molecule has 1 aromatic heterocycles. The summed E-state index contributed by atoms with van der Waals surface area (Å²) in [5.41, 5.74) is 0.507. The van der Waals surface area contributed by atoms with E-state index in [1.165, 1.54) is 6.07 Å². The smallest absolute Gasteiger partial charge is 0.371 e. The molecule has 1 heterocycles. The maximum atomic E-state index is 10.8. The van der Waals surface area contributed by atoms with Crippen LogP contribution in [-0.2, 0) is 0 Å². The Morgan fingerprint density at radius 1 is 1.33 bits per heavy atom. The summed E-state index contributed by atoms with van der Waals surface area (Å²) in [4.78, 5) is 10.8. The summed E-state index contributed by atoms with van der Waals surface area (Å²) in [6.07, 6.45) is 0. The van der Waals surface area contributed by atoms with Crippen molar-refractivity contribution in [2.75, 3.05) is 0 Å². The van der Waals surface area contributed by atoms with Crippen molar-refractivity contribution < 1.29 is 14.3 Å². The van der Waals surface area contributed by atoms with Crippen molar-refractivity contribution in [3.05, 3.63) is 23.7 Å². The van der Waals surface area contributed by atoms with Crippen LogP contribution in [0.5, 0.6) is 0 Å². The van der Waals surface area contributed by atoms with Crippen molar-refractivity contribution in [3.63, 3.8) is 0 Å². The lowest BCUT2D eigenvalue weighted by Crippen LogP contribution is -2.25. The Bertz CT molecular complexity index is 459. The maximum Gasteiger partial charge on any atom is 0.371 e. The Morgan fingerprint density at radius 2 is 1.89 bits per heavy atom. The van der Waals surface area contributed by atoms with Crippen molar-refractivity contribution in [3.8, 4) is 0 Å². The molecule has 0 radical (unpaired) electrons. The van der Waals surface area contributed by atoms with Crippen LogP contribution in [-0.4, -0.2) is 17.1 Å². The average Bonchev–Trinajstić information content (AvgIpc) is 2.68. The van der Waals surface area contributed by atoms with Crippen LogP contribution >= 0.6 is 0 Å². The van der Waals surface area contributed by atoms with Crippen molar-refractivity contribution in [2.24, 2.45) is 10.8 Å². The number of nitrogens with one attached hydrogen (secondary N) is 1. The lowest BCUT2D eigenvalue weighted by atomic mass is 10.0. The van der Waals surface area contributed by atoms with Crippen LogP contribution in [0.4, 0.5) is 0 Å². The molecular weight excluding hydrogens is 230 g/mol. The van der Waals surface area contributed by atoms with Crippen LogP contribution in [0.3, 0.4) is 0 Å². The molecule has 1 unspecified atom stereocenters. The fourth-order valence-electron chi connectivity index (χ4n) is 2.65. The van der Waals surface area contributed by atoms with Crippen molar-refractivity contribution in [1.29, 1.82) is 0 Å². The second-order valence-electron chi connectivity index (χ2n) is 6.27. The number of carbonyl (C=O) groups is 1. The highest BCUT2D eigenvalue weighted by Crippen LogP contribution is 2.63. The summed E-state index contributed by atoms with van der Waals surface area (Å²) < 4.78 is 5.31. The van der Waals surface area contributed by atoms with Crippen molar-refractivity contribution in [1.82, 2.24) is 5.32 Å². The molecular formula is C14H21NO3.